The fourth-order valence-electron chi connectivity index (χ4n) is 0.757. The molecule has 64 valence electrons. The summed E-state index contributed by atoms with van der Waals surface area (Å²) in [6, 6.07) is 0. The van der Waals surface area contributed by atoms with Gasteiger partial charge in [-0.1, -0.05) is 19.1 Å². The Morgan fingerprint density at radius 2 is 2.18 bits per heavy atom. The van der Waals surface area contributed by atoms with Crippen LogP contribution in [0.2, 0.25) is 0 Å². The van der Waals surface area contributed by atoms with Crippen molar-refractivity contribution >= 4 is 5.78 Å². The van der Waals surface area contributed by atoms with Crippen LogP contribution in [0.4, 0.5) is 0 Å². The first kappa shape index (κ1) is 10.4. The summed E-state index contributed by atoms with van der Waals surface area (Å²) in [6.07, 6.45) is 2.08. The van der Waals surface area contributed by atoms with Crippen LogP contribution >= 0.6 is 0 Å². The van der Waals surface area contributed by atoms with E-state index in [2.05, 4.69) is 11.9 Å². The molecular weight excluding hydrogens is 138 g/mol. The fourth-order valence-corrected chi connectivity index (χ4v) is 0.757. The molecular formula is C9H17NO. The van der Waals surface area contributed by atoms with Gasteiger partial charge in [0.25, 0.3) is 0 Å². The zero-order valence-electron chi connectivity index (χ0n) is 7.44. The Labute approximate surface area is 68.7 Å². The highest BCUT2D eigenvalue weighted by molar-refractivity contribution is 5.80. The Balaban J connectivity index is 3.44. The van der Waals surface area contributed by atoms with Crippen LogP contribution in [0, 0.1) is 0 Å². The summed E-state index contributed by atoms with van der Waals surface area (Å²) in [7, 11) is 1.85. The molecule has 0 aliphatic rings. The average molecular weight is 155 g/mol. The highest BCUT2D eigenvalue weighted by Gasteiger charge is 2.01. The fraction of sp³-hybridized carbons (Fsp3) is 0.667. The summed E-state index contributed by atoms with van der Waals surface area (Å²) in [5.41, 5.74) is 1.03. The van der Waals surface area contributed by atoms with E-state index >= 15 is 0 Å². The minimum atomic E-state index is 0.284. The molecule has 0 saturated heterocycles. The van der Waals surface area contributed by atoms with Crippen molar-refractivity contribution in [3.63, 3.8) is 0 Å². The molecule has 0 atom stereocenters. The summed E-state index contributed by atoms with van der Waals surface area (Å²) in [5, 5.41) is 2.94. The molecule has 0 amide bonds. The van der Waals surface area contributed by atoms with E-state index < -0.39 is 0 Å². The molecule has 2 nitrogen and oxygen atoms in total. The number of nitrogens with one attached hydrogen (secondary N) is 1. The van der Waals surface area contributed by atoms with Crippen molar-refractivity contribution in [1.82, 2.24) is 5.32 Å². The maximum atomic E-state index is 11.1. The quantitative estimate of drug-likeness (QED) is 0.589. The lowest BCUT2D eigenvalue weighted by Crippen LogP contribution is -2.12. The third-order valence-corrected chi connectivity index (χ3v) is 1.60. The summed E-state index contributed by atoms with van der Waals surface area (Å²) < 4.78 is 0. The van der Waals surface area contributed by atoms with Gasteiger partial charge in [-0.3, -0.25) is 4.79 Å². The summed E-state index contributed by atoms with van der Waals surface area (Å²) >= 11 is 0. The van der Waals surface area contributed by atoms with Gasteiger partial charge in [-0.2, -0.15) is 0 Å². The van der Waals surface area contributed by atoms with Crippen LogP contribution in [0.1, 0.15) is 26.2 Å². The Kier molecular flexibility index (Phi) is 5.75. The third-order valence-electron chi connectivity index (χ3n) is 1.60. The summed E-state index contributed by atoms with van der Waals surface area (Å²) in [5.74, 6) is 0.284. The number of carbonyl (C=O) groups excluding carboxylic acids is 1. The molecule has 0 aliphatic carbocycles. The van der Waals surface area contributed by atoms with Crippen molar-refractivity contribution in [2.75, 3.05) is 13.6 Å². The predicted molar refractivity (Wildman–Crippen MR) is 47.6 cm³/mol. The first-order chi connectivity index (χ1) is 5.20. The van der Waals surface area contributed by atoms with Crippen molar-refractivity contribution in [3.05, 3.63) is 12.2 Å². The number of Topliss-reactive ketones (excluding diaryl/α,β-unsaturated/α-hetero) is 1. The van der Waals surface area contributed by atoms with E-state index in [4.69, 9.17) is 0 Å². The van der Waals surface area contributed by atoms with E-state index in [9.17, 15) is 4.79 Å². The topological polar surface area (TPSA) is 29.1 Å². The van der Waals surface area contributed by atoms with Gasteiger partial charge in [-0.15, -0.1) is 0 Å². The highest BCUT2D eigenvalue weighted by Crippen LogP contribution is 2.04. The van der Waals surface area contributed by atoms with Crippen molar-refractivity contribution in [3.8, 4) is 0 Å². The van der Waals surface area contributed by atoms with E-state index in [1.165, 1.54) is 0 Å². The van der Waals surface area contributed by atoms with Crippen LogP contribution in [0.15, 0.2) is 12.2 Å². The van der Waals surface area contributed by atoms with Gasteiger partial charge >= 0.3 is 0 Å². The lowest BCUT2D eigenvalue weighted by molar-refractivity contribution is -0.118. The van der Waals surface area contributed by atoms with Crippen molar-refractivity contribution < 1.29 is 4.79 Å². The van der Waals surface area contributed by atoms with Crippen LogP contribution in [-0.2, 0) is 4.79 Å². The Bertz CT molecular complexity index is 140. The molecule has 0 heterocycles. The van der Waals surface area contributed by atoms with E-state index in [0.29, 0.717) is 12.8 Å². The summed E-state index contributed by atoms with van der Waals surface area (Å²) in [4.78, 5) is 11.1. The highest BCUT2D eigenvalue weighted by atomic mass is 16.1. The van der Waals surface area contributed by atoms with E-state index in [-0.39, 0.29) is 5.78 Å². The second-order valence-electron chi connectivity index (χ2n) is 2.67. The Morgan fingerprint density at radius 1 is 1.55 bits per heavy atom. The second-order valence-corrected chi connectivity index (χ2v) is 2.67. The number of ketones is 1. The smallest absolute Gasteiger partial charge is 0.138 e. The van der Waals surface area contributed by atoms with Crippen LogP contribution in [0.5, 0.6) is 0 Å². The maximum Gasteiger partial charge on any atom is 0.138 e. The number of hydrogen-bond donors (Lipinski definition) is 1. The van der Waals surface area contributed by atoms with Gasteiger partial charge in [0.05, 0.1) is 0 Å². The zero-order valence-corrected chi connectivity index (χ0v) is 7.44. The lowest BCUT2D eigenvalue weighted by atomic mass is 10.1. The lowest BCUT2D eigenvalue weighted by Gasteiger charge is -2.00. The molecule has 0 aliphatic heterocycles. The number of carbonyl (C=O) groups is 1. The van der Waals surface area contributed by atoms with E-state index in [1.807, 2.05) is 14.0 Å². The first-order valence-corrected chi connectivity index (χ1v) is 4.03. The molecule has 0 bridgehead atoms. The minimum Gasteiger partial charge on any atom is -0.319 e. The zero-order chi connectivity index (χ0) is 8.69. The monoisotopic (exact) mass is 155 g/mol. The van der Waals surface area contributed by atoms with Crippen LogP contribution in [-0.4, -0.2) is 19.4 Å². The maximum absolute atomic E-state index is 11.1. The Morgan fingerprint density at radius 3 is 2.64 bits per heavy atom. The van der Waals surface area contributed by atoms with Gasteiger partial charge < -0.3 is 5.32 Å². The van der Waals surface area contributed by atoms with E-state index in [0.717, 1.165) is 18.5 Å². The molecule has 0 unspecified atom stereocenters. The first-order valence-electron chi connectivity index (χ1n) is 4.03. The average Bonchev–Trinajstić information content (AvgIpc) is 2.00. The van der Waals surface area contributed by atoms with Gasteiger partial charge in [-0.25, -0.2) is 0 Å². The molecule has 0 radical (unpaired) electrons. The van der Waals surface area contributed by atoms with Gasteiger partial charge in [0.1, 0.15) is 5.78 Å². The number of hydrogen-bond acceptors (Lipinski definition) is 2. The largest absolute Gasteiger partial charge is 0.319 e. The standard InChI is InChI=1S/C9H17NO/c1-4-8(2)7-9(11)5-6-10-3/h10H,2,4-7H2,1,3H3. The molecule has 0 rings (SSSR count). The molecule has 0 aromatic carbocycles. The number of rotatable bonds is 6. The van der Waals surface area contributed by atoms with Crippen molar-refractivity contribution in [2.24, 2.45) is 0 Å². The molecule has 0 spiro atoms. The molecule has 0 saturated carbocycles. The predicted octanol–water partition coefficient (Wildman–Crippen LogP) is 1.52. The van der Waals surface area contributed by atoms with Crippen LogP contribution in [0.3, 0.4) is 0 Å². The van der Waals surface area contributed by atoms with Crippen molar-refractivity contribution in [2.45, 2.75) is 26.2 Å². The second kappa shape index (κ2) is 6.10. The van der Waals surface area contributed by atoms with Gasteiger partial charge in [0, 0.05) is 19.4 Å². The normalized spacial score (nSPS) is 9.64. The van der Waals surface area contributed by atoms with Crippen LogP contribution in [0.25, 0.3) is 0 Å². The van der Waals surface area contributed by atoms with Gasteiger partial charge in [0.15, 0.2) is 0 Å². The van der Waals surface area contributed by atoms with E-state index in [1.54, 1.807) is 0 Å². The van der Waals surface area contributed by atoms with Crippen molar-refractivity contribution in [1.29, 1.82) is 0 Å². The molecule has 0 aromatic heterocycles. The molecule has 0 aromatic rings. The molecule has 11 heavy (non-hydrogen) atoms. The SMILES string of the molecule is C=C(CC)CC(=O)CCNC. The van der Waals surface area contributed by atoms with Gasteiger partial charge in [-0.05, 0) is 13.5 Å². The molecule has 2 heteroatoms. The minimum absolute atomic E-state index is 0.284. The Hall–Kier alpha value is -0.630. The van der Waals surface area contributed by atoms with Gasteiger partial charge in [0.2, 0.25) is 0 Å². The van der Waals surface area contributed by atoms with Crippen LogP contribution < -0.4 is 5.32 Å². The molecule has 1 N–H and O–H groups in total. The number of allylic oxidation sites excluding steroid dienone is 1. The third kappa shape index (κ3) is 5.80. The molecule has 0 fully saturated rings. The summed E-state index contributed by atoms with van der Waals surface area (Å²) in [6.45, 7) is 6.58.